The van der Waals surface area contributed by atoms with E-state index in [4.69, 9.17) is 17.0 Å². The van der Waals surface area contributed by atoms with Crippen molar-refractivity contribution >= 4 is 46.2 Å². The molecular weight excluding hydrogens is 396 g/mol. The Labute approximate surface area is 172 Å². The van der Waals surface area contributed by atoms with Crippen LogP contribution in [0.2, 0.25) is 0 Å². The van der Waals surface area contributed by atoms with Crippen LogP contribution in [-0.4, -0.2) is 28.5 Å². The van der Waals surface area contributed by atoms with Gasteiger partial charge in [-0.15, -0.1) is 0 Å². The number of carbonyl (C=O) groups excluding carboxylic acids is 2. The summed E-state index contributed by atoms with van der Waals surface area (Å²) in [5, 5.41) is 19.0. The maximum absolute atomic E-state index is 12.0. The van der Waals surface area contributed by atoms with Crippen molar-refractivity contribution in [3.63, 3.8) is 0 Å². The Bertz CT molecular complexity index is 915. The number of nitrogens with one attached hydrogen (secondary N) is 3. The van der Waals surface area contributed by atoms with Gasteiger partial charge in [-0.25, -0.2) is 0 Å². The second-order valence-corrected chi connectivity index (χ2v) is 6.65. The van der Waals surface area contributed by atoms with Gasteiger partial charge in [-0.2, -0.15) is 0 Å². The number of thiocarbonyl (C=S) groups is 1. The van der Waals surface area contributed by atoms with E-state index >= 15 is 0 Å². The van der Waals surface area contributed by atoms with Crippen molar-refractivity contribution in [2.24, 2.45) is 5.92 Å². The lowest BCUT2D eigenvalue weighted by atomic mass is 10.2. The number of nitro groups is 1. The second kappa shape index (κ2) is 10.1. The number of anilines is 2. The number of para-hydroxylation sites is 2. The highest BCUT2D eigenvalue weighted by Crippen LogP contribution is 2.25. The minimum atomic E-state index is -0.591. The summed E-state index contributed by atoms with van der Waals surface area (Å²) < 4.78 is 5.20. The summed E-state index contributed by atoms with van der Waals surface area (Å²) in [6.07, 6.45) is 0. The number of benzene rings is 2. The van der Waals surface area contributed by atoms with Crippen LogP contribution in [0.3, 0.4) is 0 Å². The minimum Gasteiger partial charge on any atom is -0.477 e. The highest BCUT2D eigenvalue weighted by Gasteiger charge is 2.15. The smallest absolute Gasteiger partial charge is 0.310 e. The lowest BCUT2D eigenvalue weighted by molar-refractivity contribution is -0.385. The first-order chi connectivity index (χ1) is 13.8. The normalized spacial score (nSPS) is 10.2. The van der Waals surface area contributed by atoms with E-state index < -0.39 is 17.4 Å². The van der Waals surface area contributed by atoms with Crippen molar-refractivity contribution in [1.82, 2.24) is 5.32 Å². The summed E-state index contributed by atoms with van der Waals surface area (Å²) in [6.45, 7) is 3.16. The van der Waals surface area contributed by atoms with Gasteiger partial charge in [-0.1, -0.05) is 26.0 Å². The van der Waals surface area contributed by atoms with E-state index in [0.717, 1.165) is 0 Å². The van der Waals surface area contributed by atoms with E-state index in [1.165, 1.54) is 18.2 Å². The summed E-state index contributed by atoms with van der Waals surface area (Å²) in [7, 11) is 0. The molecule has 152 valence electrons. The molecule has 0 aliphatic heterocycles. The van der Waals surface area contributed by atoms with E-state index in [1.807, 2.05) is 0 Å². The fourth-order valence-electron chi connectivity index (χ4n) is 2.12. The molecular formula is C19H20N4O5S. The van der Waals surface area contributed by atoms with Gasteiger partial charge in [0.15, 0.2) is 17.5 Å². The molecule has 10 heteroatoms. The number of hydrogen-bond acceptors (Lipinski definition) is 6. The Morgan fingerprint density at radius 2 is 1.66 bits per heavy atom. The van der Waals surface area contributed by atoms with Crippen LogP contribution in [0.4, 0.5) is 17.1 Å². The van der Waals surface area contributed by atoms with E-state index in [-0.39, 0.29) is 28.4 Å². The Kier molecular flexibility index (Phi) is 7.61. The quantitative estimate of drug-likeness (QED) is 0.360. The fourth-order valence-corrected chi connectivity index (χ4v) is 2.35. The van der Waals surface area contributed by atoms with Crippen molar-refractivity contribution < 1.29 is 19.2 Å². The zero-order chi connectivity index (χ0) is 21.4. The molecule has 0 radical (unpaired) electrons. The summed E-state index contributed by atoms with van der Waals surface area (Å²) in [5.41, 5.74) is 1.02. The van der Waals surface area contributed by atoms with Gasteiger partial charge in [0.25, 0.3) is 5.91 Å². The van der Waals surface area contributed by atoms with Crippen molar-refractivity contribution in [2.75, 3.05) is 17.2 Å². The maximum Gasteiger partial charge on any atom is 0.310 e. The molecule has 0 saturated heterocycles. The van der Waals surface area contributed by atoms with Crippen LogP contribution in [-0.2, 0) is 9.59 Å². The largest absolute Gasteiger partial charge is 0.477 e. The molecule has 2 aromatic rings. The van der Waals surface area contributed by atoms with Crippen molar-refractivity contribution in [3.8, 4) is 5.75 Å². The van der Waals surface area contributed by atoms with Crippen LogP contribution in [0.5, 0.6) is 5.75 Å². The number of amides is 2. The molecule has 3 N–H and O–H groups in total. The third-order valence-corrected chi connectivity index (χ3v) is 3.81. The van der Waals surface area contributed by atoms with E-state index in [0.29, 0.717) is 11.4 Å². The fraction of sp³-hybridized carbons (Fsp3) is 0.211. The molecule has 0 aliphatic rings. The number of hydrogen-bond donors (Lipinski definition) is 3. The number of ether oxygens (including phenoxy) is 1. The number of rotatable bonds is 7. The van der Waals surface area contributed by atoms with Gasteiger partial charge in [-0.3, -0.25) is 25.0 Å². The Morgan fingerprint density at radius 1 is 1.07 bits per heavy atom. The highest BCUT2D eigenvalue weighted by atomic mass is 32.1. The first kappa shape index (κ1) is 21.8. The molecule has 0 bridgehead atoms. The molecule has 0 atom stereocenters. The Morgan fingerprint density at radius 3 is 2.24 bits per heavy atom. The summed E-state index contributed by atoms with van der Waals surface area (Å²) in [4.78, 5) is 34.0. The molecule has 0 saturated carbocycles. The average molecular weight is 416 g/mol. The van der Waals surface area contributed by atoms with Crippen LogP contribution < -0.4 is 20.7 Å². The van der Waals surface area contributed by atoms with E-state index in [9.17, 15) is 19.7 Å². The van der Waals surface area contributed by atoms with Crippen molar-refractivity contribution in [3.05, 3.63) is 58.6 Å². The van der Waals surface area contributed by atoms with Crippen molar-refractivity contribution in [2.45, 2.75) is 13.8 Å². The first-order valence-electron chi connectivity index (χ1n) is 8.64. The maximum atomic E-state index is 12.0. The number of nitro benzene ring substituents is 1. The minimum absolute atomic E-state index is 0.00874. The molecule has 9 nitrogen and oxygen atoms in total. The van der Waals surface area contributed by atoms with Gasteiger partial charge >= 0.3 is 5.69 Å². The van der Waals surface area contributed by atoms with Gasteiger partial charge in [0, 0.05) is 23.4 Å². The predicted octanol–water partition coefficient (Wildman–Crippen LogP) is 3.08. The zero-order valence-electron chi connectivity index (χ0n) is 15.8. The summed E-state index contributed by atoms with van der Waals surface area (Å²) in [6, 6.07) is 12.5. The Balaban J connectivity index is 1.84. The third kappa shape index (κ3) is 6.85. The van der Waals surface area contributed by atoms with E-state index in [2.05, 4.69) is 16.0 Å². The molecule has 0 unspecified atom stereocenters. The van der Waals surface area contributed by atoms with Crippen LogP contribution in [0.1, 0.15) is 13.8 Å². The molecule has 0 spiro atoms. The monoisotopic (exact) mass is 416 g/mol. The molecule has 0 heterocycles. The van der Waals surface area contributed by atoms with Crippen LogP contribution in [0.25, 0.3) is 0 Å². The van der Waals surface area contributed by atoms with Gasteiger partial charge in [0.2, 0.25) is 5.91 Å². The average Bonchev–Trinajstić information content (AvgIpc) is 2.67. The summed E-state index contributed by atoms with van der Waals surface area (Å²) >= 11 is 5.07. The third-order valence-electron chi connectivity index (χ3n) is 3.61. The van der Waals surface area contributed by atoms with Gasteiger partial charge < -0.3 is 15.4 Å². The highest BCUT2D eigenvalue weighted by molar-refractivity contribution is 7.80. The predicted molar refractivity (Wildman–Crippen MR) is 113 cm³/mol. The van der Waals surface area contributed by atoms with Crippen LogP contribution in [0.15, 0.2) is 48.5 Å². The number of nitrogens with zero attached hydrogens (tertiary/aromatic N) is 1. The van der Waals surface area contributed by atoms with E-state index in [1.54, 1.807) is 44.2 Å². The van der Waals surface area contributed by atoms with Gasteiger partial charge in [-0.05, 0) is 42.5 Å². The molecule has 2 rings (SSSR count). The van der Waals surface area contributed by atoms with Gasteiger partial charge in [0.1, 0.15) is 0 Å². The molecule has 0 aromatic heterocycles. The number of carbonyl (C=O) groups is 2. The Hall–Kier alpha value is -3.53. The van der Waals surface area contributed by atoms with Crippen molar-refractivity contribution in [1.29, 1.82) is 0 Å². The van der Waals surface area contributed by atoms with Crippen LogP contribution >= 0.6 is 12.2 Å². The standard InChI is InChI=1S/C19H20N4O5S/c1-12(2)18(25)20-13-7-9-14(10-8-13)21-19(29)22-17(24)11-28-16-6-4-3-5-15(16)23(26)27/h3-10,12H,11H2,1-2H3,(H,20,25)(H2,21,22,24,29). The SMILES string of the molecule is CC(C)C(=O)Nc1ccc(NC(=S)NC(=O)COc2ccccc2[N+](=O)[O-])cc1. The second-order valence-electron chi connectivity index (χ2n) is 6.24. The van der Waals surface area contributed by atoms with Gasteiger partial charge in [0.05, 0.1) is 4.92 Å². The molecule has 2 amide bonds. The molecule has 29 heavy (non-hydrogen) atoms. The molecule has 2 aromatic carbocycles. The molecule has 0 aliphatic carbocycles. The lowest BCUT2D eigenvalue weighted by Crippen LogP contribution is -2.37. The first-order valence-corrected chi connectivity index (χ1v) is 9.05. The zero-order valence-corrected chi connectivity index (χ0v) is 16.6. The molecule has 0 fully saturated rings. The lowest BCUT2D eigenvalue weighted by Gasteiger charge is -2.12. The topological polar surface area (TPSA) is 123 Å². The summed E-state index contributed by atoms with van der Waals surface area (Å²) in [5.74, 6) is -0.797. The van der Waals surface area contributed by atoms with Crippen LogP contribution in [0, 0.1) is 16.0 Å².